The molecule has 5 nitrogen and oxygen atoms in total. The Hall–Kier alpha value is -2.53. The molecule has 0 saturated heterocycles. The minimum absolute atomic E-state index is 0.103. The third kappa shape index (κ3) is 4.02. The largest absolute Gasteiger partial charge is 0.491 e. The van der Waals surface area contributed by atoms with Crippen molar-refractivity contribution in [3.05, 3.63) is 53.1 Å². The zero-order valence-electron chi connectivity index (χ0n) is 12.3. The summed E-state index contributed by atoms with van der Waals surface area (Å²) in [4.78, 5) is 23.7. The molecule has 23 heavy (non-hydrogen) atoms. The van der Waals surface area contributed by atoms with Gasteiger partial charge < -0.3 is 15.4 Å². The molecular formula is C17H15ClN2O3. The molecule has 0 saturated carbocycles. The van der Waals surface area contributed by atoms with Crippen molar-refractivity contribution in [2.45, 2.75) is 12.8 Å². The predicted molar refractivity (Wildman–Crippen MR) is 89.0 cm³/mol. The number of benzene rings is 2. The molecule has 0 spiro atoms. The standard InChI is InChI=1S/C17H15ClN2O3/c18-12-3-1-11(2-4-12)9-17(22)19-13-5-6-15-14(10-13)20-16(21)7-8-23-15/h1-6,10H,7-9H2,(H,19,22)(H,20,21). The van der Waals surface area contributed by atoms with E-state index in [1.165, 1.54) is 0 Å². The summed E-state index contributed by atoms with van der Waals surface area (Å²) in [5.74, 6) is 0.355. The van der Waals surface area contributed by atoms with Gasteiger partial charge in [-0.05, 0) is 35.9 Å². The fourth-order valence-corrected chi connectivity index (χ4v) is 2.42. The lowest BCUT2D eigenvalue weighted by Crippen LogP contribution is -2.15. The zero-order valence-corrected chi connectivity index (χ0v) is 13.0. The Morgan fingerprint density at radius 1 is 1.22 bits per heavy atom. The summed E-state index contributed by atoms with van der Waals surface area (Å²) >= 11 is 5.82. The van der Waals surface area contributed by atoms with Crippen LogP contribution in [0.1, 0.15) is 12.0 Å². The summed E-state index contributed by atoms with van der Waals surface area (Å²) in [6.45, 7) is 0.348. The number of carbonyl (C=O) groups is 2. The fraction of sp³-hybridized carbons (Fsp3) is 0.176. The van der Waals surface area contributed by atoms with Crippen LogP contribution in [0.3, 0.4) is 0 Å². The molecule has 6 heteroatoms. The topological polar surface area (TPSA) is 67.4 Å². The highest BCUT2D eigenvalue weighted by Gasteiger charge is 2.14. The van der Waals surface area contributed by atoms with Crippen LogP contribution < -0.4 is 15.4 Å². The van der Waals surface area contributed by atoms with Gasteiger partial charge in [0.2, 0.25) is 11.8 Å². The number of fused-ring (bicyclic) bond motifs is 1. The van der Waals surface area contributed by atoms with E-state index in [9.17, 15) is 9.59 Å². The molecule has 0 radical (unpaired) electrons. The van der Waals surface area contributed by atoms with Crippen molar-refractivity contribution in [2.24, 2.45) is 0 Å². The first-order valence-corrected chi connectivity index (χ1v) is 7.59. The van der Waals surface area contributed by atoms with Crippen LogP contribution in [0.5, 0.6) is 5.75 Å². The molecule has 3 rings (SSSR count). The van der Waals surface area contributed by atoms with Gasteiger partial charge in [0.1, 0.15) is 5.75 Å². The first kappa shape index (κ1) is 15.4. The van der Waals surface area contributed by atoms with Gasteiger partial charge in [-0.25, -0.2) is 0 Å². The first-order chi connectivity index (χ1) is 11.1. The monoisotopic (exact) mass is 330 g/mol. The second-order valence-corrected chi connectivity index (χ2v) is 5.65. The average molecular weight is 331 g/mol. The van der Waals surface area contributed by atoms with E-state index in [0.29, 0.717) is 35.2 Å². The number of carbonyl (C=O) groups excluding carboxylic acids is 2. The maximum Gasteiger partial charge on any atom is 0.228 e. The summed E-state index contributed by atoms with van der Waals surface area (Å²) in [6, 6.07) is 12.3. The number of hydrogen-bond donors (Lipinski definition) is 2. The minimum Gasteiger partial charge on any atom is -0.491 e. The van der Waals surface area contributed by atoms with Gasteiger partial charge in [0, 0.05) is 10.7 Å². The van der Waals surface area contributed by atoms with Gasteiger partial charge in [0.15, 0.2) is 0 Å². The number of anilines is 2. The zero-order chi connectivity index (χ0) is 16.2. The Balaban J connectivity index is 1.69. The first-order valence-electron chi connectivity index (χ1n) is 7.21. The highest BCUT2D eigenvalue weighted by Crippen LogP contribution is 2.30. The van der Waals surface area contributed by atoms with E-state index in [2.05, 4.69) is 10.6 Å². The predicted octanol–water partition coefficient (Wildman–Crippen LogP) is 3.24. The van der Waals surface area contributed by atoms with Crippen LogP contribution in [-0.2, 0) is 16.0 Å². The van der Waals surface area contributed by atoms with E-state index >= 15 is 0 Å². The molecule has 2 amide bonds. The quantitative estimate of drug-likeness (QED) is 0.907. The number of ether oxygens (including phenoxy) is 1. The van der Waals surface area contributed by atoms with Crippen LogP contribution in [0.25, 0.3) is 0 Å². The molecule has 0 aliphatic carbocycles. The Labute approximate surface area is 138 Å². The molecule has 2 aromatic carbocycles. The van der Waals surface area contributed by atoms with Gasteiger partial charge in [-0.15, -0.1) is 0 Å². The summed E-state index contributed by atoms with van der Waals surface area (Å²) in [7, 11) is 0. The van der Waals surface area contributed by atoms with Crippen molar-refractivity contribution < 1.29 is 14.3 Å². The van der Waals surface area contributed by atoms with Gasteiger partial charge in [0.05, 0.1) is 25.1 Å². The van der Waals surface area contributed by atoms with Crippen molar-refractivity contribution in [3.63, 3.8) is 0 Å². The highest BCUT2D eigenvalue weighted by molar-refractivity contribution is 6.30. The molecule has 0 bridgehead atoms. The molecule has 1 aliphatic heterocycles. The summed E-state index contributed by atoms with van der Waals surface area (Å²) < 4.78 is 5.48. The molecular weight excluding hydrogens is 316 g/mol. The van der Waals surface area contributed by atoms with Crippen molar-refractivity contribution >= 4 is 34.8 Å². The van der Waals surface area contributed by atoms with E-state index in [4.69, 9.17) is 16.3 Å². The molecule has 2 N–H and O–H groups in total. The second kappa shape index (κ2) is 6.71. The molecule has 0 aromatic heterocycles. The maximum atomic E-state index is 12.1. The molecule has 1 aliphatic rings. The number of rotatable bonds is 3. The third-order valence-electron chi connectivity index (χ3n) is 3.40. The molecule has 0 atom stereocenters. The molecule has 1 heterocycles. The number of hydrogen-bond acceptors (Lipinski definition) is 3. The lowest BCUT2D eigenvalue weighted by Gasteiger charge is -2.10. The van der Waals surface area contributed by atoms with Gasteiger partial charge in [-0.3, -0.25) is 9.59 Å². The van der Waals surface area contributed by atoms with Crippen molar-refractivity contribution in [3.8, 4) is 5.75 Å². The second-order valence-electron chi connectivity index (χ2n) is 5.21. The minimum atomic E-state index is -0.145. The summed E-state index contributed by atoms with van der Waals surface area (Å²) in [5, 5.41) is 6.21. The normalized spacial score (nSPS) is 13.3. The van der Waals surface area contributed by atoms with Crippen molar-refractivity contribution in [2.75, 3.05) is 17.2 Å². The van der Waals surface area contributed by atoms with Crippen LogP contribution >= 0.6 is 11.6 Å². The summed E-state index contributed by atoms with van der Waals surface area (Å²) in [5.41, 5.74) is 2.05. The Bertz CT molecular complexity index is 744. The Morgan fingerprint density at radius 2 is 2.00 bits per heavy atom. The van der Waals surface area contributed by atoms with Crippen LogP contribution in [0.15, 0.2) is 42.5 Å². The van der Waals surface area contributed by atoms with Crippen LogP contribution in [0.2, 0.25) is 5.02 Å². The lowest BCUT2D eigenvalue weighted by molar-refractivity contribution is -0.116. The fourth-order valence-electron chi connectivity index (χ4n) is 2.29. The number of halogens is 1. The van der Waals surface area contributed by atoms with Crippen molar-refractivity contribution in [1.82, 2.24) is 0 Å². The van der Waals surface area contributed by atoms with E-state index in [1.54, 1.807) is 30.3 Å². The SMILES string of the molecule is O=C(Cc1ccc(Cl)cc1)Nc1ccc2c(c1)NC(=O)CCO2. The van der Waals surface area contributed by atoms with Gasteiger partial charge >= 0.3 is 0 Å². The van der Waals surface area contributed by atoms with Gasteiger partial charge in [-0.1, -0.05) is 23.7 Å². The third-order valence-corrected chi connectivity index (χ3v) is 3.65. The molecule has 0 unspecified atom stereocenters. The van der Waals surface area contributed by atoms with Crippen LogP contribution in [-0.4, -0.2) is 18.4 Å². The Morgan fingerprint density at radius 3 is 2.78 bits per heavy atom. The molecule has 0 fully saturated rings. The highest BCUT2D eigenvalue weighted by atomic mass is 35.5. The number of nitrogens with one attached hydrogen (secondary N) is 2. The lowest BCUT2D eigenvalue weighted by atomic mass is 10.1. The number of amides is 2. The molecule has 2 aromatic rings. The van der Waals surface area contributed by atoms with E-state index in [0.717, 1.165) is 5.56 Å². The maximum absolute atomic E-state index is 12.1. The average Bonchev–Trinajstić information content (AvgIpc) is 2.69. The smallest absolute Gasteiger partial charge is 0.228 e. The van der Waals surface area contributed by atoms with Crippen LogP contribution in [0, 0.1) is 0 Å². The van der Waals surface area contributed by atoms with Crippen LogP contribution in [0.4, 0.5) is 11.4 Å². The van der Waals surface area contributed by atoms with Gasteiger partial charge in [-0.2, -0.15) is 0 Å². The molecule has 118 valence electrons. The van der Waals surface area contributed by atoms with Crippen molar-refractivity contribution in [1.29, 1.82) is 0 Å². The summed E-state index contributed by atoms with van der Waals surface area (Å²) in [6.07, 6.45) is 0.560. The van der Waals surface area contributed by atoms with E-state index < -0.39 is 0 Å². The van der Waals surface area contributed by atoms with E-state index in [1.807, 2.05) is 12.1 Å². The van der Waals surface area contributed by atoms with E-state index in [-0.39, 0.29) is 18.2 Å². The Kier molecular flexibility index (Phi) is 4.48. The van der Waals surface area contributed by atoms with Gasteiger partial charge in [0.25, 0.3) is 0 Å².